The van der Waals surface area contributed by atoms with E-state index in [1.807, 2.05) is 6.92 Å². The fourth-order valence-corrected chi connectivity index (χ4v) is 1.76. The molecule has 0 saturated carbocycles. The van der Waals surface area contributed by atoms with Crippen molar-refractivity contribution >= 4 is 5.97 Å². The van der Waals surface area contributed by atoms with E-state index in [9.17, 15) is 4.79 Å². The molecule has 13 heavy (non-hydrogen) atoms. The highest BCUT2D eigenvalue weighted by atomic mass is 16.4. The second kappa shape index (κ2) is 2.83. The predicted molar refractivity (Wildman–Crippen MR) is 44.4 cm³/mol. The third-order valence-corrected chi connectivity index (χ3v) is 2.39. The van der Waals surface area contributed by atoms with Crippen LogP contribution in [0.15, 0.2) is 0 Å². The Kier molecular flexibility index (Phi) is 1.79. The van der Waals surface area contributed by atoms with Crippen LogP contribution in [-0.2, 0) is 17.6 Å². The molecule has 1 unspecified atom stereocenters. The van der Waals surface area contributed by atoms with Crippen molar-refractivity contribution in [1.82, 2.24) is 14.8 Å². The maximum Gasteiger partial charge on any atom is 0.326 e. The average Bonchev–Trinajstić information content (AvgIpc) is 2.61. The summed E-state index contributed by atoms with van der Waals surface area (Å²) in [6.45, 7) is 1.95. The average molecular weight is 181 g/mol. The summed E-state index contributed by atoms with van der Waals surface area (Å²) < 4.78 is 1.75. The van der Waals surface area contributed by atoms with E-state index in [-0.39, 0.29) is 0 Å². The number of carboxylic acids is 1. The van der Waals surface area contributed by atoms with Crippen LogP contribution in [0.1, 0.15) is 31.0 Å². The van der Waals surface area contributed by atoms with Crippen LogP contribution in [0.2, 0.25) is 0 Å². The fraction of sp³-hybridized carbons (Fsp3) is 0.625. The Hall–Kier alpha value is -1.39. The number of fused-ring (bicyclic) bond motifs is 1. The molecule has 0 aromatic carbocycles. The number of aryl methyl sites for hydroxylation is 2. The number of hydrogen-bond donors (Lipinski definition) is 1. The van der Waals surface area contributed by atoms with Crippen molar-refractivity contribution < 1.29 is 9.90 Å². The first kappa shape index (κ1) is 8.22. The number of aliphatic carboxylic acids is 1. The molecule has 0 radical (unpaired) electrons. The zero-order valence-corrected chi connectivity index (χ0v) is 7.40. The normalized spacial score (nSPS) is 20.2. The van der Waals surface area contributed by atoms with E-state index in [1.165, 1.54) is 0 Å². The van der Waals surface area contributed by atoms with Crippen LogP contribution in [0.5, 0.6) is 0 Å². The maximum absolute atomic E-state index is 10.9. The summed E-state index contributed by atoms with van der Waals surface area (Å²) in [5.41, 5.74) is 0. The maximum atomic E-state index is 10.9. The van der Waals surface area contributed by atoms with Crippen molar-refractivity contribution in [1.29, 1.82) is 0 Å². The molecule has 0 aliphatic carbocycles. The molecule has 70 valence electrons. The van der Waals surface area contributed by atoms with Gasteiger partial charge in [-0.1, -0.05) is 6.92 Å². The van der Waals surface area contributed by atoms with E-state index in [0.717, 1.165) is 24.5 Å². The molecule has 1 aliphatic heterocycles. The van der Waals surface area contributed by atoms with Crippen molar-refractivity contribution in [2.75, 3.05) is 0 Å². The monoisotopic (exact) mass is 181 g/mol. The van der Waals surface area contributed by atoms with Crippen LogP contribution < -0.4 is 0 Å². The Morgan fingerprint density at radius 1 is 1.69 bits per heavy atom. The van der Waals surface area contributed by atoms with Crippen molar-refractivity contribution in [2.45, 2.75) is 32.2 Å². The molecule has 5 heteroatoms. The highest BCUT2D eigenvalue weighted by molar-refractivity contribution is 5.72. The summed E-state index contributed by atoms with van der Waals surface area (Å²) in [5.74, 6) is 0.803. The van der Waals surface area contributed by atoms with E-state index >= 15 is 0 Å². The molecule has 1 aliphatic rings. The lowest BCUT2D eigenvalue weighted by atomic mass is 10.2. The minimum absolute atomic E-state index is 0.444. The molecule has 0 saturated heterocycles. The van der Waals surface area contributed by atoms with E-state index in [0.29, 0.717) is 6.42 Å². The first-order chi connectivity index (χ1) is 6.24. The number of carbonyl (C=O) groups is 1. The number of carboxylic acid groups (broad SMARTS) is 1. The Balaban J connectivity index is 2.43. The van der Waals surface area contributed by atoms with Gasteiger partial charge in [-0.15, -0.1) is 10.2 Å². The van der Waals surface area contributed by atoms with E-state index in [1.54, 1.807) is 4.57 Å². The van der Waals surface area contributed by atoms with E-state index in [4.69, 9.17) is 5.11 Å². The van der Waals surface area contributed by atoms with Gasteiger partial charge in [0.1, 0.15) is 17.7 Å². The van der Waals surface area contributed by atoms with Gasteiger partial charge in [0.2, 0.25) is 0 Å². The first-order valence-electron chi connectivity index (χ1n) is 4.39. The van der Waals surface area contributed by atoms with Crippen LogP contribution in [0.3, 0.4) is 0 Å². The van der Waals surface area contributed by atoms with Gasteiger partial charge in [0, 0.05) is 12.8 Å². The molecule has 2 heterocycles. The van der Waals surface area contributed by atoms with Crippen LogP contribution in [0.4, 0.5) is 0 Å². The topological polar surface area (TPSA) is 68.0 Å². The summed E-state index contributed by atoms with van der Waals surface area (Å²) in [5, 5.41) is 16.8. The molecule has 1 aromatic rings. The minimum Gasteiger partial charge on any atom is -0.480 e. The number of aromatic nitrogens is 3. The van der Waals surface area contributed by atoms with Gasteiger partial charge >= 0.3 is 5.97 Å². The highest BCUT2D eigenvalue weighted by Crippen LogP contribution is 2.26. The van der Waals surface area contributed by atoms with Gasteiger partial charge < -0.3 is 9.67 Å². The summed E-state index contributed by atoms with van der Waals surface area (Å²) in [4.78, 5) is 10.9. The van der Waals surface area contributed by atoms with Gasteiger partial charge in [-0.05, 0) is 6.42 Å². The molecule has 1 N–H and O–H groups in total. The van der Waals surface area contributed by atoms with Crippen LogP contribution >= 0.6 is 0 Å². The Bertz CT molecular complexity index is 345. The van der Waals surface area contributed by atoms with Gasteiger partial charge in [0.05, 0.1) is 0 Å². The van der Waals surface area contributed by atoms with Gasteiger partial charge in [-0.3, -0.25) is 0 Å². The summed E-state index contributed by atoms with van der Waals surface area (Å²) in [7, 11) is 0. The van der Waals surface area contributed by atoms with Crippen LogP contribution in [-0.4, -0.2) is 25.8 Å². The Morgan fingerprint density at radius 2 is 2.46 bits per heavy atom. The number of rotatable bonds is 2. The van der Waals surface area contributed by atoms with E-state index in [2.05, 4.69) is 10.2 Å². The number of nitrogens with zero attached hydrogens (tertiary/aromatic N) is 3. The quantitative estimate of drug-likeness (QED) is 0.717. The molecular formula is C8H11N3O2. The Morgan fingerprint density at radius 3 is 3.08 bits per heavy atom. The van der Waals surface area contributed by atoms with Crippen LogP contribution in [0, 0.1) is 0 Å². The Labute approximate surface area is 75.4 Å². The van der Waals surface area contributed by atoms with Gasteiger partial charge in [0.15, 0.2) is 0 Å². The standard InChI is InChI=1S/C8H11N3O2/c1-2-6-9-10-7-4-3-5(8(12)13)11(6)7/h5H,2-4H2,1H3,(H,12,13). The zero-order chi connectivity index (χ0) is 9.42. The van der Waals surface area contributed by atoms with Gasteiger partial charge in [-0.25, -0.2) is 4.79 Å². The third-order valence-electron chi connectivity index (χ3n) is 2.39. The zero-order valence-electron chi connectivity index (χ0n) is 7.40. The van der Waals surface area contributed by atoms with Gasteiger partial charge in [-0.2, -0.15) is 0 Å². The van der Waals surface area contributed by atoms with Crippen molar-refractivity contribution in [3.63, 3.8) is 0 Å². The second-order valence-electron chi connectivity index (χ2n) is 3.15. The molecule has 1 aromatic heterocycles. The lowest BCUT2D eigenvalue weighted by Gasteiger charge is -2.08. The summed E-state index contributed by atoms with van der Waals surface area (Å²) in [6, 6.07) is -0.444. The second-order valence-corrected chi connectivity index (χ2v) is 3.15. The first-order valence-corrected chi connectivity index (χ1v) is 4.39. The third kappa shape index (κ3) is 1.11. The van der Waals surface area contributed by atoms with Crippen molar-refractivity contribution in [3.8, 4) is 0 Å². The number of hydrogen-bond acceptors (Lipinski definition) is 3. The lowest BCUT2D eigenvalue weighted by molar-refractivity contribution is -0.140. The molecule has 2 rings (SSSR count). The fourth-order valence-electron chi connectivity index (χ4n) is 1.76. The minimum atomic E-state index is -0.784. The molecule has 0 fully saturated rings. The smallest absolute Gasteiger partial charge is 0.326 e. The van der Waals surface area contributed by atoms with E-state index < -0.39 is 12.0 Å². The molecule has 0 amide bonds. The molecule has 1 atom stereocenters. The van der Waals surface area contributed by atoms with Crippen molar-refractivity contribution in [3.05, 3.63) is 11.6 Å². The lowest BCUT2D eigenvalue weighted by Crippen LogP contribution is -2.17. The SMILES string of the molecule is CCc1nnc2n1C(C(=O)O)CC2. The largest absolute Gasteiger partial charge is 0.480 e. The molecular weight excluding hydrogens is 170 g/mol. The predicted octanol–water partition coefficient (Wildman–Crippen LogP) is 0.412. The van der Waals surface area contributed by atoms with Crippen LogP contribution in [0.25, 0.3) is 0 Å². The van der Waals surface area contributed by atoms with Gasteiger partial charge in [0.25, 0.3) is 0 Å². The highest BCUT2D eigenvalue weighted by Gasteiger charge is 2.31. The summed E-state index contributed by atoms with van der Waals surface area (Å²) in [6.07, 6.45) is 2.11. The molecule has 0 bridgehead atoms. The molecule has 5 nitrogen and oxygen atoms in total. The molecule has 0 spiro atoms. The van der Waals surface area contributed by atoms with Crippen molar-refractivity contribution in [2.24, 2.45) is 0 Å². The summed E-state index contributed by atoms with van der Waals surface area (Å²) >= 11 is 0.